The molecule has 0 unspecified atom stereocenters. The summed E-state index contributed by atoms with van der Waals surface area (Å²) in [5, 5.41) is 2.74. The van der Waals surface area contributed by atoms with Gasteiger partial charge in [0.2, 0.25) is 0 Å². The largest absolute Gasteiger partial charge is 0.499 e. The Bertz CT molecular complexity index is 929. The van der Waals surface area contributed by atoms with Crippen molar-refractivity contribution < 1.29 is 23.5 Å². The molecular formula is C21H19FINO4. The number of benzene rings is 2. The molecule has 2 aromatic carbocycles. The lowest BCUT2D eigenvalue weighted by Gasteiger charge is -2.12. The van der Waals surface area contributed by atoms with Crippen LogP contribution in [0, 0.1) is 9.39 Å². The number of carbonyl (C=O) groups is 2. The monoisotopic (exact) mass is 495 g/mol. The van der Waals surface area contributed by atoms with E-state index < -0.39 is 0 Å². The normalized spacial score (nSPS) is 12.4. The van der Waals surface area contributed by atoms with Crippen molar-refractivity contribution in [2.45, 2.75) is 13.0 Å². The van der Waals surface area contributed by atoms with Crippen LogP contribution in [0.3, 0.4) is 0 Å². The van der Waals surface area contributed by atoms with E-state index in [1.165, 1.54) is 12.3 Å². The fourth-order valence-corrected chi connectivity index (χ4v) is 3.48. The number of fused-ring (bicyclic) bond motifs is 1. The van der Waals surface area contributed by atoms with E-state index in [0.717, 1.165) is 9.13 Å². The molecule has 1 amide bonds. The van der Waals surface area contributed by atoms with Crippen LogP contribution in [0.4, 0.5) is 4.39 Å². The second kappa shape index (κ2) is 9.29. The van der Waals surface area contributed by atoms with E-state index in [2.05, 4.69) is 11.9 Å². The number of ether oxygens (including phenoxy) is 2. The Balaban J connectivity index is 1.86. The van der Waals surface area contributed by atoms with Crippen LogP contribution in [-0.4, -0.2) is 31.5 Å². The fraction of sp³-hybridized carbons (Fsp3) is 0.238. The van der Waals surface area contributed by atoms with Gasteiger partial charge >= 0.3 is 0 Å². The maximum absolute atomic E-state index is 14.3. The maximum atomic E-state index is 14.3. The molecule has 1 aliphatic heterocycles. The Hall–Kier alpha value is -2.26. The number of nitrogens with one attached hydrogen (secondary N) is 1. The average Bonchev–Trinajstić information content (AvgIpc) is 3.03. The number of rotatable bonds is 9. The van der Waals surface area contributed by atoms with Crippen molar-refractivity contribution >= 4 is 34.3 Å². The number of ketones is 1. The zero-order valence-electron chi connectivity index (χ0n) is 15.1. The summed E-state index contributed by atoms with van der Waals surface area (Å²) in [6, 6.07) is 8.34. The van der Waals surface area contributed by atoms with E-state index in [9.17, 15) is 14.0 Å². The van der Waals surface area contributed by atoms with Crippen molar-refractivity contribution in [3.63, 3.8) is 0 Å². The summed E-state index contributed by atoms with van der Waals surface area (Å²) in [6.45, 7) is 4.25. The molecule has 0 aromatic heterocycles. The predicted molar refractivity (Wildman–Crippen MR) is 111 cm³/mol. The van der Waals surface area contributed by atoms with Gasteiger partial charge in [-0.1, -0.05) is 12.6 Å². The smallest absolute Gasteiger partial charge is 0.251 e. The first-order valence-corrected chi connectivity index (χ1v) is 9.79. The summed E-state index contributed by atoms with van der Waals surface area (Å²) >= 11 is 2.04. The van der Waals surface area contributed by atoms with Gasteiger partial charge < -0.3 is 14.8 Å². The first-order valence-electron chi connectivity index (χ1n) is 8.71. The standard InChI is InChI=1S/C21H19FINO4/c1-2-27-5-6-28-12-20(25)17-9-15-11-24-21(26)18(15)8-14(17)7-13-3-4-16(23)10-19(13)22/h2-4,8-10H,1,5-7,11-12H2,(H,24,26). The van der Waals surface area contributed by atoms with Gasteiger partial charge in [0.1, 0.15) is 19.0 Å². The molecule has 0 atom stereocenters. The summed E-state index contributed by atoms with van der Waals surface area (Å²) in [6.07, 6.45) is 1.52. The minimum Gasteiger partial charge on any atom is -0.499 e. The van der Waals surface area contributed by atoms with Crippen molar-refractivity contribution in [2.24, 2.45) is 0 Å². The molecule has 0 fully saturated rings. The van der Waals surface area contributed by atoms with E-state index >= 15 is 0 Å². The summed E-state index contributed by atoms with van der Waals surface area (Å²) < 4.78 is 25.4. The van der Waals surface area contributed by atoms with Gasteiger partial charge in [-0.25, -0.2) is 4.39 Å². The molecule has 3 rings (SSSR count). The molecule has 146 valence electrons. The Morgan fingerprint density at radius 2 is 2.07 bits per heavy atom. The summed E-state index contributed by atoms with van der Waals surface area (Å²) in [4.78, 5) is 24.7. The average molecular weight is 495 g/mol. The van der Waals surface area contributed by atoms with E-state index in [-0.39, 0.29) is 37.1 Å². The molecule has 1 N–H and O–H groups in total. The number of hydrogen-bond donors (Lipinski definition) is 1. The third kappa shape index (κ3) is 4.77. The van der Waals surface area contributed by atoms with Crippen molar-refractivity contribution in [3.8, 4) is 0 Å². The highest BCUT2D eigenvalue weighted by molar-refractivity contribution is 14.1. The maximum Gasteiger partial charge on any atom is 0.251 e. The van der Waals surface area contributed by atoms with Crippen molar-refractivity contribution in [2.75, 3.05) is 19.8 Å². The van der Waals surface area contributed by atoms with Gasteiger partial charge in [-0.05, 0) is 63.5 Å². The quantitative estimate of drug-likeness (QED) is 0.250. The van der Waals surface area contributed by atoms with Crippen LogP contribution in [0.25, 0.3) is 0 Å². The number of carbonyl (C=O) groups excluding carboxylic acids is 2. The van der Waals surface area contributed by atoms with Gasteiger partial charge in [0.05, 0.1) is 12.9 Å². The molecule has 1 aliphatic rings. The molecule has 0 saturated heterocycles. The van der Waals surface area contributed by atoms with Crippen LogP contribution in [0.5, 0.6) is 0 Å². The van der Waals surface area contributed by atoms with Crippen LogP contribution in [-0.2, 0) is 22.4 Å². The Morgan fingerprint density at radius 1 is 1.25 bits per heavy atom. The van der Waals surface area contributed by atoms with Crippen molar-refractivity contribution in [1.82, 2.24) is 5.32 Å². The topological polar surface area (TPSA) is 64.6 Å². The van der Waals surface area contributed by atoms with Crippen molar-refractivity contribution in [3.05, 3.63) is 80.4 Å². The third-order valence-corrected chi connectivity index (χ3v) is 5.08. The second-order valence-electron chi connectivity index (χ2n) is 6.27. The van der Waals surface area contributed by atoms with Crippen LogP contribution >= 0.6 is 22.6 Å². The zero-order chi connectivity index (χ0) is 20.1. The molecule has 1 heterocycles. The van der Waals surface area contributed by atoms with E-state index in [1.807, 2.05) is 28.7 Å². The Morgan fingerprint density at radius 3 is 2.82 bits per heavy atom. The van der Waals surface area contributed by atoms with Gasteiger partial charge in [-0.15, -0.1) is 0 Å². The lowest BCUT2D eigenvalue weighted by molar-refractivity contribution is 0.0638. The van der Waals surface area contributed by atoms with Crippen LogP contribution in [0.1, 0.15) is 37.4 Å². The summed E-state index contributed by atoms with van der Waals surface area (Å²) in [5.74, 6) is -0.745. The number of halogens is 2. The summed E-state index contributed by atoms with van der Waals surface area (Å²) in [7, 11) is 0. The van der Waals surface area contributed by atoms with Crippen molar-refractivity contribution in [1.29, 1.82) is 0 Å². The zero-order valence-corrected chi connectivity index (χ0v) is 17.3. The number of Topliss-reactive ketones (excluding diaryl/α,β-unsaturated/α-hetero) is 1. The van der Waals surface area contributed by atoms with Crippen LogP contribution in [0.15, 0.2) is 43.2 Å². The lowest BCUT2D eigenvalue weighted by atomic mass is 9.93. The van der Waals surface area contributed by atoms with Crippen LogP contribution in [0.2, 0.25) is 0 Å². The SMILES string of the molecule is C=COCCOCC(=O)c1cc2c(cc1Cc1ccc(I)cc1F)C(=O)NC2. The molecule has 0 bridgehead atoms. The molecule has 0 saturated carbocycles. The third-order valence-electron chi connectivity index (χ3n) is 4.41. The van der Waals surface area contributed by atoms with E-state index in [4.69, 9.17) is 9.47 Å². The molecule has 28 heavy (non-hydrogen) atoms. The summed E-state index contributed by atoms with van der Waals surface area (Å²) in [5.41, 5.74) is 2.80. The molecule has 0 spiro atoms. The van der Waals surface area contributed by atoms with E-state index in [1.54, 1.807) is 18.2 Å². The highest BCUT2D eigenvalue weighted by Gasteiger charge is 2.24. The Kier molecular flexibility index (Phi) is 6.79. The number of hydrogen-bond acceptors (Lipinski definition) is 4. The molecule has 2 aromatic rings. The van der Waals surface area contributed by atoms with Gasteiger partial charge in [0, 0.05) is 27.7 Å². The predicted octanol–water partition coefficient (Wildman–Crippen LogP) is 3.62. The minimum absolute atomic E-state index is 0.122. The van der Waals surface area contributed by atoms with Gasteiger partial charge in [0.15, 0.2) is 5.78 Å². The fourth-order valence-electron chi connectivity index (χ4n) is 3.03. The first kappa shape index (κ1) is 20.5. The molecule has 5 nitrogen and oxygen atoms in total. The van der Waals surface area contributed by atoms with Crippen LogP contribution < -0.4 is 5.32 Å². The molecule has 7 heteroatoms. The molecule has 0 radical (unpaired) electrons. The molecular weight excluding hydrogens is 476 g/mol. The first-order chi connectivity index (χ1) is 13.5. The van der Waals surface area contributed by atoms with Gasteiger partial charge in [-0.2, -0.15) is 0 Å². The minimum atomic E-state index is -0.340. The second-order valence-corrected chi connectivity index (χ2v) is 7.52. The number of amides is 1. The van der Waals surface area contributed by atoms with Gasteiger partial charge in [-0.3, -0.25) is 9.59 Å². The Labute approximate surface area is 176 Å². The highest BCUT2D eigenvalue weighted by atomic mass is 127. The molecule has 0 aliphatic carbocycles. The highest BCUT2D eigenvalue weighted by Crippen LogP contribution is 2.25. The van der Waals surface area contributed by atoms with E-state index in [0.29, 0.717) is 35.4 Å². The van der Waals surface area contributed by atoms with Gasteiger partial charge in [0.25, 0.3) is 5.91 Å². The lowest BCUT2D eigenvalue weighted by Crippen LogP contribution is -2.15.